The van der Waals surface area contributed by atoms with Crippen molar-refractivity contribution in [3.05, 3.63) is 0 Å². The van der Waals surface area contributed by atoms with Crippen LogP contribution in [-0.4, -0.2) is 46.3 Å². The fraction of sp³-hybridized carbons (Fsp3) is 0.750. The highest BCUT2D eigenvalue weighted by molar-refractivity contribution is 6.27. The molecule has 1 saturated heterocycles. The van der Waals surface area contributed by atoms with Crippen molar-refractivity contribution in [3.63, 3.8) is 0 Å². The van der Waals surface area contributed by atoms with Crippen LogP contribution in [0.25, 0.3) is 0 Å². The smallest absolute Gasteiger partial charge is 0.409 e. The molecule has 1 aliphatic rings. The fourth-order valence-electron chi connectivity index (χ4n) is 1.75. The van der Waals surface area contributed by atoms with Crippen LogP contribution in [0.3, 0.4) is 0 Å². The number of alkyl halides is 2. The van der Waals surface area contributed by atoms with E-state index in [1.165, 1.54) is 6.92 Å². The molecule has 2 N–H and O–H groups in total. The van der Waals surface area contributed by atoms with Gasteiger partial charge in [-0.05, 0) is 6.92 Å². The first-order valence-corrected chi connectivity index (χ1v) is 4.94. The van der Waals surface area contributed by atoms with E-state index >= 15 is 0 Å². The van der Waals surface area contributed by atoms with E-state index in [4.69, 9.17) is 16.7 Å². The second-order valence-electron chi connectivity index (χ2n) is 3.65. The van der Waals surface area contributed by atoms with Crippen molar-refractivity contribution < 1.29 is 19.1 Å². The number of hydrogen-bond donors (Lipinski definition) is 2. The van der Waals surface area contributed by atoms with E-state index in [-0.39, 0.29) is 18.8 Å². The number of nitrogens with zero attached hydrogens (tertiary/aromatic N) is 1. The van der Waals surface area contributed by atoms with Crippen LogP contribution < -0.4 is 5.32 Å². The number of rotatable bonds is 2. The zero-order chi connectivity index (χ0) is 11.6. The Labute approximate surface area is 91.2 Å². The normalized spacial score (nSPS) is 30.3. The maximum atomic E-state index is 13.1. The first-order valence-electron chi connectivity index (χ1n) is 4.40. The highest BCUT2D eigenvalue weighted by atomic mass is 35.5. The molecule has 15 heavy (non-hydrogen) atoms. The molecule has 0 radical (unpaired) electrons. The summed E-state index contributed by atoms with van der Waals surface area (Å²) in [6, 6.07) is 0. The Morgan fingerprint density at radius 1 is 1.73 bits per heavy atom. The van der Waals surface area contributed by atoms with Gasteiger partial charge in [0, 0.05) is 6.42 Å². The monoisotopic (exact) mass is 238 g/mol. The lowest BCUT2D eigenvalue weighted by Crippen LogP contribution is -2.57. The molecule has 0 aromatic carbocycles. The summed E-state index contributed by atoms with van der Waals surface area (Å²) in [5, 5.41) is 11.2. The van der Waals surface area contributed by atoms with Crippen molar-refractivity contribution in [1.82, 2.24) is 10.2 Å². The summed E-state index contributed by atoms with van der Waals surface area (Å²) in [7, 11) is 0. The Kier molecular flexibility index (Phi) is 3.38. The minimum Gasteiger partial charge on any atom is -0.465 e. The van der Waals surface area contributed by atoms with Crippen LogP contribution in [-0.2, 0) is 4.79 Å². The summed E-state index contributed by atoms with van der Waals surface area (Å²) in [5.41, 5.74) is -1.20. The Hall–Kier alpha value is -1.04. The van der Waals surface area contributed by atoms with Gasteiger partial charge >= 0.3 is 6.09 Å². The summed E-state index contributed by atoms with van der Waals surface area (Å²) in [6.07, 6.45) is -2.57. The predicted octanol–water partition coefficient (Wildman–Crippen LogP) is 0.779. The van der Waals surface area contributed by atoms with Crippen molar-refractivity contribution in [1.29, 1.82) is 0 Å². The third kappa shape index (κ3) is 2.50. The molecule has 2 unspecified atom stereocenters. The summed E-state index contributed by atoms with van der Waals surface area (Å²) >= 11 is 5.28. The van der Waals surface area contributed by atoms with Gasteiger partial charge in [0.2, 0.25) is 5.91 Å². The minimum absolute atomic E-state index is 0.0536. The Balaban J connectivity index is 2.79. The van der Waals surface area contributed by atoms with Crippen LogP contribution in [0.5, 0.6) is 0 Å². The molecular weight excluding hydrogens is 227 g/mol. The first kappa shape index (κ1) is 12.0. The molecule has 0 aromatic rings. The third-order valence-electron chi connectivity index (χ3n) is 2.36. The van der Waals surface area contributed by atoms with Gasteiger partial charge in [-0.2, -0.15) is 0 Å². The molecular formula is C8H12ClFN2O3. The van der Waals surface area contributed by atoms with Gasteiger partial charge in [-0.1, -0.05) is 0 Å². The number of halogens is 2. The van der Waals surface area contributed by atoms with Crippen LogP contribution in [0.4, 0.5) is 9.18 Å². The molecule has 0 saturated carbocycles. The van der Waals surface area contributed by atoms with Gasteiger partial charge in [-0.15, -0.1) is 11.6 Å². The van der Waals surface area contributed by atoms with Gasteiger partial charge in [-0.3, -0.25) is 9.69 Å². The molecule has 1 heterocycles. The van der Waals surface area contributed by atoms with E-state index in [1.54, 1.807) is 0 Å². The maximum absolute atomic E-state index is 13.1. The molecule has 1 rings (SSSR count). The lowest BCUT2D eigenvalue weighted by molar-refractivity contribution is -0.121. The van der Waals surface area contributed by atoms with E-state index in [1.807, 2.05) is 0 Å². The second kappa shape index (κ2) is 4.22. The van der Waals surface area contributed by atoms with E-state index in [0.29, 0.717) is 0 Å². The van der Waals surface area contributed by atoms with E-state index in [2.05, 4.69) is 5.32 Å². The van der Waals surface area contributed by atoms with Crippen molar-refractivity contribution >= 4 is 23.6 Å². The zero-order valence-electron chi connectivity index (χ0n) is 8.17. The van der Waals surface area contributed by atoms with Gasteiger partial charge < -0.3 is 10.4 Å². The zero-order valence-corrected chi connectivity index (χ0v) is 8.92. The number of amides is 2. The molecule has 2 atom stereocenters. The molecule has 2 amide bonds. The summed E-state index contributed by atoms with van der Waals surface area (Å²) < 4.78 is 13.1. The highest BCUT2D eigenvalue weighted by Gasteiger charge is 2.46. The first-order chi connectivity index (χ1) is 6.89. The van der Waals surface area contributed by atoms with Crippen molar-refractivity contribution in [2.75, 3.05) is 12.4 Å². The lowest BCUT2D eigenvalue weighted by Gasteiger charge is -2.33. The largest absolute Gasteiger partial charge is 0.465 e. The average Bonchev–Trinajstić information content (AvgIpc) is 2.41. The van der Waals surface area contributed by atoms with Crippen LogP contribution in [0.2, 0.25) is 0 Å². The number of carbonyl (C=O) groups is 2. The summed E-state index contributed by atoms with van der Waals surface area (Å²) in [6.45, 7) is 1.24. The lowest BCUT2D eigenvalue weighted by atomic mass is 10.1. The van der Waals surface area contributed by atoms with Gasteiger partial charge in [0.25, 0.3) is 0 Å². The van der Waals surface area contributed by atoms with Gasteiger partial charge in [-0.25, -0.2) is 9.18 Å². The Bertz CT molecular complexity index is 289. The van der Waals surface area contributed by atoms with E-state index in [9.17, 15) is 14.0 Å². The highest BCUT2D eigenvalue weighted by Crippen LogP contribution is 2.28. The molecule has 5 nitrogen and oxygen atoms in total. The standard InChI is InChI=1S/C8H12ClFN2O3/c1-8(11-6(13)3-9)2-5(10)4-12(8)7(14)15/h5H,2-4H2,1H3,(H,11,13)(H,14,15). The quantitative estimate of drug-likeness (QED) is 0.699. The molecule has 0 aromatic heterocycles. The molecule has 7 heteroatoms. The molecule has 1 fully saturated rings. The van der Waals surface area contributed by atoms with Gasteiger partial charge in [0.15, 0.2) is 0 Å². The van der Waals surface area contributed by atoms with Crippen LogP contribution in [0, 0.1) is 0 Å². The predicted molar refractivity (Wildman–Crippen MR) is 51.5 cm³/mol. The average molecular weight is 239 g/mol. The van der Waals surface area contributed by atoms with Crippen molar-refractivity contribution in [3.8, 4) is 0 Å². The second-order valence-corrected chi connectivity index (χ2v) is 3.92. The molecule has 86 valence electrons. The number of carbonyl (C=O) groups excluding carboxylic acids is 1. The van der Waals surface area contributed by atoms with Crippen LogP contribution in [0.15, 0.2) is 0 Å². The van der Waals surface area contributed by atoms with Crippen LogP contribution in [0.1, 0.15) is 13.3 Å². The Morgan fingerprint density at radius 2 is 2.33 bits per heavy atom. The molecule has 0 bridgehead atoms. The van der Waals surface area contributed by atoms with Gasteiger partial charge in [0.05, 0.1) is 6.54 Å². The fourth-order valence-corrected chi connectivity index (χ4v) is 1.81. The SMILES string of the molecule is CC1(NC(=O)CCl)CC(F)CN1C(=O)O. The third-order valence-corrected chi connectivity index (χ3v) is 2.60. The topological polar surface area (TPSA) is 69.6 Å². The van der Waals surface area contributed by atoms with E-state index in [0.717, 1.165) is 4.90 Å². The number of likely N-dealkylation sites (tertiary alicyclic amines) is 1. The molecule has 0 aliphatic carbocycles. The Morgan fingerprint density at radius 3 is 2.80 bits per heavy atom. The number of nitrogens with one attached hydrogen (secondary N) is 1. The van der Waals surface area contributed by atoms with E-state index < -0.39 is 23.8 Å². The maximum Gasteiger partial charge on any atom is 0.409 e. The number of carboxylic acid groups (broad SMARTS) is 1. The summed E-state index contributed by atoms with van der Waals surface area (Å²) in [4.78, 5) is 22.7. The van der Waals surface area contributed by atoms with Crippen LogP contribution >= 0.6 is 11.6 Å². The number of hydrogen-bond acceptors (Lipinski definition) is 2. The summed E-state index contributed by atoms with van der Waals surface area (Å²) in [5.74, 6) is -0.792. The molecule has 0 spiro atoms. The minimum atomic E-state index is -1.26. The van der Waals surface area contributed by atoms with Crippen molar-refractivity contribution in [2.24, 2.45) is 0 Å². The van der Waals surface area contributed by atoms with Gasteiger partial charge in [0.1, 0.15) is 17.7 Å². The van der Waals surface area contributed by atoms with Crippen molar-refractivity contribution in [2.45, 2.75) is 25.2 Å². The molecule has 1 aliphatic heterocycles.